The number of hydrogen-bond donors (Lipinski definition) is 2. The third-order valence-corrected chi connectivity index (χ3v) is 5.49. The van der Waals surface area contributed by atoms with Crippen molar-refractivity contribution in [2.24, 2.45) is 12.8 Å². The Morgan fingerprint density at radius 1 is 1.12 bits per heavy atom. The summed E-state index contributed by atoms with van der Waals surface area (Å²) >= 11 is 0. The van der Waals surface area contributed by atoms with Crippen LogP contribution in [-0.4, -0.2) is 16.4 Å². The molecule has 2 amide bonds. The molecule has 0 saturated heterocycles. The molecule has 2 aliphatic rings. The third kappa shape index (κ3) is 1.48. The van der Waals surface area contributed by atoms with Gasteiger partial charge in [0.05, 0.1) is 16.6 Å². The molecule has 5 rings (SSSR count). The molecule has 24 heavy (non-hydrogen) atoms. The van der Waals surface area contributed by atoms with Crippen LogP contribution in [0.2, 0.25) is 0 Å². The SMILES string of the molecule is Cn1c2ccc(CN)cc2c2c3c(c4c(c21)CCC4)C(=O)NC3=O. The zero-order chi connectivity index (χ0) is 16.6. The van der Waals surface area contributed by atoms with Crippen LogP contribution in [0, 0.1) is 0 Å². The van der Waals surface area contributed by atoms with E-state index in [1.165, 1.54) is 5.56 Å². The summed E-state index contributed by atoms with van der Waals surface area (Å²) in [7, 11) is 2.03. The molecule has 0 fully saturated rings. The van der Waals surface area contributed by atoms with Crippen LogP contribution in [0.3, 0.4) is 0 Å². The molecule has 1 aromatic heterocycles. The summed E-state index contributed by atoms with van der Waals surface area (Å²) in [6.07, 6.45) is 2.84. The molecule has 0 bridgehead atoms. The predicted molar refractivity (Wildman–Crippen MR) is 92.1 cm³/mol. The predicted octanol–water partition coefficient (Wildman–Crippen LogP) is 2.16. The van der Waals surface area contributed by atoms with Gasteiger partial charge < -0.3 is 10.3 Å². The Bertz CT molecular complexity index is 1090. The normalized spacial score (nSPS) is 16.1. The fourth-order valence-corrected chi connectivity index (χ4v) is 4.49. The van der Waals surface area contributed by atoms with Crippen molar-refractivity contribution < 1.29 is 9.59 Å². The lowest BCUT2D eigenvalue weighted by molar-refractivity contribution is 0.0880. The highest BCUT2D eigenvalue weighted by Crippen LogP contribution is 2.42. The fraction of sp³-hybridized carbons (Fsp3) is 0.263. The van der Waals surface area contributed by atoms with E-state index in [9.17, 15) is 9.59 Å². The van der Waals surface area contributed by atoms with Crippen molar-refractivity contribution in [2.75, 3.05) is 0 Å². The molecule has 3 N–H and O–H groups in total. The van der Waals surface area contributed by atoms with Gasteiger partial charge in [-0.3, -0.25) is 14.9 Å². The monoisotopic (exact) mass is 319 g/mol. The molecule has 120 valence electrons. The number of amides is 2. The van der Waals surface area contributed by atoms with E-state index in [4.69, 9.17) is 5.73 Å². The maximum atomic E-state index is 12.5. The molecule has 2 aromatic carbocycles. The minimum Gasteiger partial charge on any atom is -0.343 e. The van der Waals surface area contributed by atoms with Crippen molar-refractivity contribution in [2.45, 2.75) is 25.8 Å². The first-order valence-electron chi connectivity index (χ1n) is 8.26. The van der Waals surface area contributed by atoms with E-state index in [0.717, 1.165) is 52.2 Å². The minimum atomic E-state index is -0.277. The van der Waals surface area contributed by atoms with Crippen LogP contribution < -0.4 is 11.1 Å². The largest absolute Gasteiger partial charge is 0.343 e. The van der Waals surface area contributed by atoms with Crippen molar-refractivity contribution in [1.82, 2.24) is 9.88 Å². The third-order valence-electron chi connectivity index (χ3n) is 5.49. The number of carbonyl (C=O) groups excluding carboxylic acids is 2. The molecule has 0 saturated carbocycles. The van der Waals surface area contributed by atoms with Gasteiger partial charge in [-0.15, -0.1) is 0 Å². The topological polar surface area (TPSA) is 77.1 Å². The molecule has 3 aromatic rings. The van der Waals surface area contributed by atoms with Crippen LogP contribution >= 0.6 is 0 Å². The maximum Gasteiger partial charge on any atom is 0.259 e. The van der Waals surface area contributed by atoms with Gasteiger partial charge in [0.15, 0.2) is 0 Å². The van der Waals surface area contributed by atoms with E-state index in [1.807, 2.05) is 13.1 Å². The number of aryl methyl sites for hydroxylation is 2. The van der Waals surface area contributed by atoms with Crippen LogP contribution in [0.5, 0.6) is 0 Å². The Morgan fingerprint density at radius 2 is 1.88 bits per heavy atom. The summed E-state index contributed by atoms with van der Waals surface area (Å²) in [5.41, 5.74) is 12.4. The van der Waals surface area contributed by atoms with Crippen LogP contribution in [0.4, 0.5) is 0 Å². The van der Waals surface area contributed by atoms with Crippen molar-refractivity contribution in [3.63, 3.8) is 0 Å². The number of aromatic nitrogens is 1. The van der Waals surface area contributed by atoms with Gasteiger partial charge in [-0.1, -0.05) is 6.07 Å². The molecule has 5 nitrogen and oxygen atoms in total. The quantitative estimate of drug-likeness (QED) is 0.675. The van der Waals surface area contributed by atoms with E-state index in [2.05, 4.69) is 22.0 Å². The van der Waals surface area contributed by atoms with Gasteiger partial charge in [-0.05, 0) is 48.1 Å². The second-order valence-corrected chi connectivity index (χ2v) is 6.68. The lowest BCUT2D eigenvalue weighted by atomic mass is 9.93. The lowest BCUT2D eigenvalue weighted by Crippen LogP contribution is -2.20. The van der Waals surface area contributed by atoms with E-state index in [0.29, 0.717) is 17.7 Å². The average molecular weight is 319 g/mol. The van der Waals surface area contributed by atoms with Gasteiger partial charge in [0.2, 0.25) is 0 Å². The highest BCUT2D eigenvalue weighted by molar-refractivity contribution is 6.31. The number of nitrogens with two attached hydrogens (primary N) is 1. The summed E-state index contributed by atoms with van der Waals surface area (Å²) < 4.78 is 2.16. The van der Waals surface area contributed by atoms with Gasteiger partial charge in [0.25, 0.3) is 11.8 Å². The molecule has 2 heterocycles. The Balaban J connectivity index is 2.09. The number of hydrogen-bond acceptors (Lipinski definition) is 3. The molecular formula is C19H17N3O2. The number of carbonyl (C=O) groups is 2. The highest BCUT2D eigenvalue weighted by atomic mass is 16.2. The fourth-order valence-electron chi connectivity index (χ4n) is 4.49. The first kappa shape index (κ1) is 13.7. The number of fused-ring (bicyclic) bond motifs is 8. The molecule has 1 aliphatic heterocycles. The van der Waals surface area contributed by atoms with E-state index in [1.54, 1.807) is 0 Å². The Morgan fingerprint density at radius 3 is 2.67 bits per heavy atom. The Hall–Kier alpha value is -2.66. The van der Waals surface area contributed by atoms with Gasteiger partial charge in [-0.25, -0.2) is 0 Å². The first-order valence-corrected chi connectivity index (χ1v) is 8.26. The number of rotatable bonds is 1. The smallest absolute Gasteiger partial charge is 0.259 e. The molecule has 5 heteroatoms. The molecule has 1 aliphatic carbocycles. The highest BCUT2D eigenvalue weighted by Gasteiger charge is 2.37. The van der Waals surface area contributed by atoms with Crippen LogP contribution in [-0.2, 0) is 26.4 Å². The number of nitrogens with one attached hydrogen (secondary N) is 1. The van der Waals surface area contributed by atoms with Gasteiger partial charge in [0.1, 0.15) is 0 Å². The maximum absolute atomic E-state index is 12.5. The van der Waals surface area contributed by atoms with Gasteiger partial charge in [0, 0.05) is 29.9 Å². The number of nitrogens with zero attached hydrogens (tertiary/aromatic N) is 1. The summed E-state index contributed by atoms with van der Waals surface area (Å²) in [6, 6.07) is 6.13. The number of imide groups is 1. The molecular weight excluding hydrogens is 302 g/mol. The average Bonchev–Trinajstić information content (AvgIpc) is 3.23. The van der Waals surface area contributed by atoms with Crippen molar-refractivity contribution >= 4 is 33.6 Å². The Labute approximate surface area is 138 Å². The van der Waals surface area contributed by atoms with E-state index >= 15 is 0 Å². The van der Waals surface area contributed by atoms with Gasteiger partial charge in [-0.2, -0.15) is 0 Å². The second-order valence-electron chi connectivity index (χ2n) is 6.68. The summed E-state index contributed by atoms with van der Waals surface area (Å²) in [4.78, 5) is 24.9. The molecule has 0 atom stereocenters. The first-order chi connectivity index (χ1) is 11.6. The zero-order valence-corrected chi connectivity index (χ0v) is 13.4. The summed E-state index contributed by atoms with van der Waals surface area (Å²) in [6.45, 7) is 0.449. The minimum absolute atomic E-state index is 0.248. The summed E-state index contributed by atoms with van der Waals surface area (Å²) in [5, 5.41) is 4.41. The van der Waals surface area contributed by atoms with Crippen LogP contribution in [0.1, 0.15) is 43.8 Å². The molecule has 0 unspecified atom stereocenters. The van der Waals surface area contributed by atoms with Crippen molar-refractivity contribution in [3.8, 4) is 0 Å². The van der Waals surface area contributed by atoms with Crippen molar-refractivity contribution in [3.05, 3.63) is 46.0 Å². The van der Waals surface area contributed by atoms with E-state index < -0.39 is 0 Å². The van der Waals surface area contributed by atoms with E-state index in [-0.39, 0.29) is 11.8 Å². The number of benzene rings is 2. The Kier molecular flexibility index (Phi) is 2.55. The standard InChI is InChI=1S/C19H17N3O2/c1-22-13-6-5-9(8-20)7-12(13)14-16-15(18(23)21-19(16)24)10-3-2-4-11(10)17(14)22/h5-7H,2-4,8,20H2,1H3,(H,21,23,24). The van der Waals surface area contributed by atoms with Crippen molar-refractivity contribution in [1.29, 1.82) is 0 Å². The second kappa shape index (κ2) is 4.45. The molecule has 0 spiro atoms. The summed E-state index contributed by atoms with van der Waals surface area (Å²) in [5.74, 6) is -0.526. The molecule has 0 radical (unpaired) electrons. The lowest BCUT2D eigenvalue weighted by Gasteiger charge is -2.09. The van der Waals surface area contributed by atoms with Gasteiger partial charge >= 0.3 is 0 Å². The van der Waals surface area contributed by atoms with Crippen LogP contribution in [0.15, 0.2) is 18.2 Å². The zero-order valence-electron chi connectivity index (χ0n) is 13.4. The van der Waals surface area contributed by atoms with Crippen LogP contribution in [0.25, 0.3) is 21.8 Å².